The summed E-state index contributed by atoms with van der Waals surface area (Å²) in [6, 6.07) is 17.0. The number of carbonyl (C=O) groups is 1. The van der Waals surface area contributed by atoms with Crippen molar-refractivity contribution in [1.29, 1.82) is 0 Å². The van der Waals surface area contributed by atoms with Crippen LogP contribution in [-0.4, -0.2) is 37.0 Å². The van der Waals surface area contributed by atoms with Gasteiger partial charge in [-0.2, -0.15) is 5.10 Å². The van der Waals surface area contributed by atoms with E-state index >= 15 is 0 Å². The van der Waals surface area contributed by atoms with Gasteiger partial charge in [-0.15, -0.1) is 0 Å². The second-order valence-electron chi connectivity index (χ2n) is 8.11. The fourth-order valence-corrected chi connectivity index (χ4v) is 4.55. The van der Waals surface area contributed by atoms with Crippen molar-refractivity contribution in [3.63, 3.8) is 0 Å². The third kappa shape index (κ3) is 3.50. The lowest BCUT2D eigenvalue weighted by atomic mass is 9.77. The van der Waals surface area contributed by atoms with E-state index in [0.29, 0.717) is 19.1 Å². The smallest absolute Gasteiger partial charge is 0.308 e. The maximum Gasteiger partial charge on any atom is 0.308 e. The molecule has 1 aliphatic heterocycles. The molecule has 29 heavy (non-hydrogen) atoms. The molecule has 2 atom stereocenters. The number of fused-ring (bicyclic) bond motifs is 3. The maximum atomic E-state index is 11.9. The van der Waals surface area contributed by atoms with Crippen molar-refractivity contribution in [1.82, 2.24) is 5.01 Å². The van der Waals surface area contributed by atoms with Gasteiger partial charge in [0.05, 0.1) is 31.3 Å². The Morgan fingerprint density at radius 3 is 2.66 bits per heavy atom. The number of ether oxygens (including phenoxy) is 2. The average Bonchev–Trinajstić information content (AvgIpc) is 3.55. The SMILES string of the molecule is COc1ccc([C@@H]2[C@H]3CCc4ccccc4C3=NN2CCOC(=O)C2CC2)cc1. The van der Waals surface area contributed by atoms with Crippen molar-refractivity contribution < 1.29 is 14.3 Å². The van der Waals surface area contributed by atoms with E-state index in [1.54, 1.807) is 7.11 Å². The van der Waals surface area contributed by atoms with Gasteiger partial charge >= 0.3 is 5.97 Å². The molecule has 0 bridgehead atoms. The summed E-state index contributed by atoms with van der Waals surface area (Å²) in [7, 11) is 1.68. The van der Waals surface area contributed by atoms with E-state index in [0.717, 1.165) is 31.4 Å². The first-order valence-corrected chi connectivity index (χ1v) is 10.5. The highest BCUT2D eigenvalue weighted by atomic mass is 16.5. The molecular formula is C24H26N2O3. The number of nitrogens with zero attached hydrogens (tertiary/aromatic N) is 2. The topological polar surface area (TPSA) is 51.1 Å². The normalized spacial score (nSPS) is 22.5. The molecule has 0 N–H and O–H groups in total. The molecular weight excluding hydrogens is 364 g/mol. The van der Waals surface area contributed by atoms with Gasteiger partial charge in [-0.25, -0.2) is 0 Å². The van der Waals surface area contributed by atoms with Crippen LogP contribution in [0.25, 0.3) is 0 Å². The summed E-state index contributed by atoms with van der Waals surface area (Å²) < 4.78 is 10.8. The van der Waals surface area contributed by atoms with Crippen molar-refractivity contribution in [3.8, 4) is 5.75 Å². The Morgan fingerprint density at radius 2 is 1.90 bits per heavy atom. The van der Waals surface area contributed by atoms with Crippen LogP contribution in [0.15, 0.2) is 53.6 Å². The number of rotatable bonds is 6. The first-order valence-electron chi connectivity index (χ1n) is 10.5. The molecule has 1 fully saturated rings. The van der Waals surface area contributed by atoms with Gasteiger partial charge in [0.25, 0.3) is 0 Å². The van der Waals surface area contributed by atoms with Crippen LogP contribution in [0, 0.1) is 11.8 Å². The summed E-state index contributed by atoms with van der Waals surface area (Å²) in [6.07, 6.45) is 4.08. The molecule has 2 aliphatic carbocycles. The Hall–Kier alpha value is -2.82. The number of benzene rings is 2. The van der Waals surface area contributed by atoms with Crippen molar-refractivity contribution >= 4 is 11.7 Å². The summed E-state index contributed by atoms with van der Waals surface area (Å²) in [6.45, 7) is 0.991. The highest BCUT2D eigenvalue weighted by molar-refractivity contribution is 6.05. The minimum atomic E-state index is -0.0550. The molecule has 0 radical (unpaired) electrons. The fraction of sp³-hybridized carbons (Fsp3) is 0.417. The van der Waals surface area contributed by atoms with Gasteiger partial charge in [-0.3, -0.25) is 9.80 Å². The molecule has 5 nitrogen and oxygen atoms in total. The molecule has 0 aromatic heterocycles. The molecule has 0 saturated heterocycles. The standard InChI is InChI=1S/C24H26N2O3/c1-28-19-11-8-17(9-12-19)23-21-13-10-16-4-2-3-5-20(16)22(21)25-26(23)14-15-29-24(27)18-6-7-18/h2-5,8-9,11-12,18,21,23H,6-7,10,13-15H2,1H3/t21-,23+/m0/s1. The van der Waals surface area contributed by atoms with Crippen LogP contribution in [0.4, 0.5) is 0 Å². The van der Waals surface area contributed by atoms with E-state index in [1.165, 1.54) is 22.4 Å². The maximum absolute atomic E-state index is 11.9. The Balaban J connectivity index is 1.41. The summed E-state index contributed by atoms with van der Waals surface area (Å²) >= 11 is 0. The first-order chi connectivity index (χ1) is 14.2. The van der Waals surface area contributed by atoms with E-state index < -0.39 is 0 Å². The van der Waals surface area contributed by atoms with Crippen LogP contribution in [0.3, 0.4) is 0 Å². The molecule has 0 unspecified atom stereocenters. The highest BCUT2D eigenvalue weighted by Crippen LogP contribution is 2.43. The number of hydrogen-bond acceptors (Lipinski definition) is 5. The molecule has 5 heteroatoms. The molecule has 150 valence electrons. The highest BCUT2D eigenvalue weighted by Gasteiger charge is 2.41. The van der Waals surface area contributed by atoms with E-state index in [2.05, 4.69) is 41.4 Å². The lowest BCUT2D eigenvalue weighted by molar-refractivity contribution is -0.145. The minimum absolute atomic E-state index is 0.0550. The van der Waals surface area contributed by atoms with E-state index in [1.807, 2.05) is 12.1 Å². The Morgan fingerprint density at radius 1 is 1.10 bits per heavy atom. The van der Waals surface area contributed by atoms with Crippen LogP contribution < -0.4 is 4.74 Å². The van der Waals surface area contributed by atoms with Crippen LogP contribution in [-0.2, 0) is 16.0 Å². The Bertz CT molecular complexity index is 933. The zero-order valence-electron chi connectivity index (χ0n) is 16.7. The first kappa shape index (κ1) is 18.2. The van der Waals surface area contributed by atoms with Crippen molar-refractivity contribution in [3.05, 3.63) is 65.2 Å². The van der Waals surface area contributed by atoms with Gasteiger partial charge in [0.1, 0.15) is 12.4 Å². The molecule has 1 saturated carbocycles. The zero-order valence-corrected chi connectivity index (χ0v) is 16.7. The largest absolute Gasteiger partial charge is 0.497 e. The van der Waals surface area contributed by atoms with Crippen molar-refractivity contribution in [2.45, 2.75) is 31.7 Å². The Labute approximate surface area is 171 Å². The van der Waals surface area contributed by atoms with Crippen molar-refractivity contribution in [2.75, 3.05) is 20.3 Å². The summed E-state index contributed by atoms with van der Waals surface area (Å²) in [5.41, 5.74) is 5.03. The summed E-state index contributed by atoms with van der Waals surface area (Å²) in [4.78, 5) is 11.9. The van der Waals surface area contributed by atoms with Crippen LogP contribution in [0.1, 0.15) is 42.0 Å². The number of hydrazone groups is 1. The van der Waals surface area contributed by atoms with Gasteiger partial charge in [-0.1, -0.05) is 36.4 Å². The van der Waals surface area contributed by atoms with Crippen LogP contribution in [0.5, 0.6) is 5.75 Å². The number of esters is 1. The summed E-state index contributed by atoms with van der Waals surface area (Å²) in [5, 5.41) is 7.17. The second kappa shape index (κ2) is 7.54. The fourth-order valence-electron chi connectivity index (χ4n) is 4.55. The lowest BCUT2D eigenvalue weighted by Gasteiger charge is -2.30. The molecule has 1 heterocycles. The number of aryl methyl sites for hydroxylation is 1. The van der Waals surface area contributed by atoms with Gasteiger partial charge in [-0.05, 0) is 48.9 Å². The molecule has 3 aliphatic rings. The molecule has 2 aromatic carbocycles. The van der Waals surface area contributed by atoms with Gasteiger partial charge in [0, 0.05) is 11.5 Å². The molecule has 5 rings (SSSR count). The minimum Gasteiger partial charge on any atom is -0.497 e. The van der Waals surface area contributed by atoms with Crippen LogP contribution in [0.2, 0.25) is 0 Å². The third-order valence-electron chi connectivity index (χ3n) is 6.24. The number of methoxy groups -OCH3 is 1. The third-order valence-corrected chi connectivity index (χ3v) is 6.24. The second-order valence-corrected chi connectivity index (χ2v) is 8.11. The lowest BCUT2D eigenvalue weighted by Crippen LogP contribution is -2.31. The predicted molar refractivity (Wildman–Crippen MR) is 111 cm³/mol. The van der Waals surface area contributed by atoms with Gasteiger partial charge < -0.3 is 9.47 Å². The summed E-state index contributed by atoms with van der Waals surface area (Å²) in [5.74, 6) is 1.27. The van der Waals surface area contributed by atoms with Gasteiger partial charge in [0.15, 0.2) is 0 Å². The van der Waals surface area contributed by atoms with Gasteiger partial charge in [0.2, 0.25) is 0 Å². The average molecular weight is 390 g/mol. The Kier molecular flexibility index (Phi) is 4.74. The number of carbonyl (C=O) groups excluding carboxylic acids is 1. The van der Waals surface area contributed by atoms with Crippen LogP contribution >= 0.6 is 0 Å². The van der Waals surface area contributed by atoms with Crippen molar-refractivity contribution in [2.24, 2.45) is 16.9 Å². The molecule has 0 spiro atoms. The zero-order chi connectivity index (χ0) is 19.8. The quantitative estimate of drug-likeness (QED) is 0.701. The van der Waals surface area contributed by atoms with E-state index in [4.69, 9.17) is 14.6 Å². The monoisotopic (exact) mass is 390 g/mol. The predicted octanol–water partition coefficient (Wildman–Crippen LogP) is 3.97. The van der Waals surface area contributed by atoms with E-state index in [9.17, 15) is 4.79 Å². The van der Waals surface area contributed by atoms with E-state index in [-0.39, 0.29) is 17.9 Å². The molecule has 0 amide bonds. The molecule has 2 aromatic rings. The number of hydrogen-bond donors (Lipinski definition) is 0.